The Kier molecular flexibility index (Phi) is 4.81. The van der Waals surface area contributed by atoms with Gasteiger partial charge in [0.25, 0.3) is 5.91 Å². The summed E-state index contributed by atoms with van der Waals surface area (Å²) in [6.45, 7) is 1.43. The molecule has 1 aromatic carbocycles. The number of benzene rings is 1. The van der Waals surface area contributed by atoms with E-state index in [1.165, 1.54) is 22.8 Å². The van der Waals surface area contributed by atoms with Crippen LogP contribution in [0.1, 0.15) is 12.8 Å². The summed E-state index contributed by atoms with van der Waals surface area (Å²) in [5.41, 5.74) is -0.106. The summed E-state index contributed by atoms with van der Waals surface area (Å²) in [5.74, 6) is -0.0848. The SMILES string of the molecule is O=C1N(c2ccccc2)CCOC12CCN([S+](=O)([O-])c1cccnc1)CC2. The number of para-hydroxylation sites is 1. The minimum atomic E-state index is -3.61. The minimum Gasteiger partial charge on any atom is -0.593 e. The lowest BCUT2D eigenvalue weighted by molar-refractivity contribution is -0.156. The van der Waals surface area contributed by atoms with Crippen LogP contribution in [0.4, 0.5) is 5.69 Å². The highest BCUT2D eigenvalue weighted by Crippen LogP contribution is 2.36. The van der Waals surface area contributed by atoms with Crippen molar-refractivity contribution < 1.29 is 18.3 Å². The monoisotopic (exact) mass is 387 g/mol. The topological polar surface area (TPSA) is 85.8 Å². The molecule has 2 fully saturated rings. The van der Waals surface area contributed by atoms with E-state index in [-0.39, 0.29) is 23.9 Å². The molecule has 0 aliphatic carbocycles. The number of ether oxygens (including phenoxy) is 1. The molecule has 1 atom stereocenters. The van der Waals surface area contributed by atoms with Gasteiger partial charge in [-0.05, 0) is 24.3 Å². The van der Waals surface area contributed by atoms with Gasteiger partial charge in [0, 0.05) is 44.4 Å². The Morgan fingerprint density at radius 1 is 1.07 bits per heavy atom. The number of nitrogens with zero attached hydrogens (tertiary/aromatic N) is 3. The fraction of sp³-hybridized carbons (Fsp3) is 0.368. The van der Waals surface area contributed by atoms with Crippen molar-refractivity contribution in [3.05, 3.63) is 54.9 Å². The van der Waals surface area contributed by atoms with Gasteiger partial charge in [-0.25, -0.2) is 0 Å². The third-order valence-electron chi connectivity index (χ3n) is 5.20. The highest BCUT2D eigenvalue weighted by atomic mass is 32.3. The van der Waals surface area contributed by atoms with Crippen molar-refractivity contribution >= 4 is 22.0 Å². The number of hydrogen-bond donors (Lipinski definition) is 0. The van der Waals surface area contributed by atoms with Crippen LogP contribution in [0.25, 0.3) is 0 Å². The quantitative estimate of drug-likeness (QED) is 0.751. The van der Waals surface area contributed by atoms with Gasteiger partial charge in [0.15, 0.2) is 15.3 Å². The lowest BCUT2D eigenvalue weighted by Gasteiger charge is -2.45. The van der Waals surface area contributed by atoms with Crippen LogP contribution < -0.4 is 4.90 Å². The van der Waals surface area contributed by atoms with Crippen LogP contribution in [0.5, 0.6) is 0 Å². The van der Waals surface area contributed by atoms with E-state index in [1.54, 1.807) is 11.0 Å². The molecule has 2 aliphatic rings. The molecule has 27 heavy (non-hydrogen) atoms. The van der Waals surface area contributed by atoms with Gasteiger partial charge < -0.3 is 14.2 Å². The van der Waals surface area contributed by atoms with Gasteiger partial charge in [-0.1, -0.05) is 22.4 Å². The number of carbonyl (C=O) groups is 1. The van der Waals surface area contributed by atoms with Crippen LogP contribution in [-0.4, -0.2) is 51.6 Å². The van der Waals surface area contributed by atoms with E-state index in [2.05, 4.69) is 4.98 Å². The van der Waals surface area contributed by atoms with E-state index in [4.69, 9.17) is 4.74 Å². The first-order valence-corrected chi connectivity index (χ1v) is 10.4. The molecule has 4 rings (SSSR count). The molecule has 0 radical (unpaired) electrons. The van der Waals surface area contributed by atoms with Gasteiger partial charge in [-0.2, -0.15) is 0 Å². The number of sulfonamides is 1. The molecule has 2 saturated heterocycles. The van der Waals surface area contributed by atoms with Gasteiger partial charge >= 0.3 is 0 Å². The molecule has 3 heterocycles. The second kappa shape index (κ2) is 7.12. The standard InChI is InChI=1S/C19H21N3O4S/c23-18-19(26-14-13-22(18)16-5-2-1-3-6-16)8-11-21(12-9-19)27(24,25)17-7-4-10-20-15-17/h1-7,10,15H,8-9,11-14H2. The van der Waals surface area contributed by atoms with E-state index >= 15 is 0 Å². The molecule has 0 N–H and O–H groups in total. The second-order valence-corrected chi connectivity index (χ2v) is 8.67. The summed E-state index contributed by atoms with van der Waals surface area (Å²) in [4.78, 5) is 19.0. The number of hydrogen-bond acceptors (Lipinski definition) is 5. The van der Waals surface area contributed by atoms with Crippen LogP contribution in [0.2, 0.25) is 0 Å². The normalized spacial score (nSPS) is 22.6. The molecule has 2 aliphatic heterocycles. The summed E-state index contributed by atoms with van der Waals surface area (Å²) in [6.07, 6.45) is 3.57. The predicted octanol–water partition coefficient (Wildman–Crippen LogP) is 1.88. The van der Waals surface area contributed by atoms with Gasteiger partial charge in [0.1, 0.15) is 5.60 Å². The average molecular weight is 387 g/mol. The summed E-state index contributed by atoms with van der Waals surface area (Å²) < 4.78 is 32.9. The van der Waals surface area contributed by atoms with Gasteiger partial charge in [0.05, 0.1) is 12.8 Å². The van der Waals surface area contributed by atoms with Crippen LogP contribution >= 0.6 is 0 Å². The van der Waals surface area contributed by atoms with Gasteiger partial charge in [-0.15, -0.1) is 4.31 Å². The average Bonchev–Trinajstić information content (AvgIpc) is 2.72. The third-order valence-corrected chi connectivity index (χ3v) is 7.08. The van der Waals surface area contributed by atoms with Crippen molar-refractivity contribution in [2.75, 3.05) is 31.1 Å². The number of rotatable bonds is 3. The summed E-state index contributed by atoms with van der Waals surface area (Å²) >= 11 is 0. The molecule has 0 bridgehead atoms. The Bertz CT molecular complexity index is 854. The smallest absolute Gasteiger partial charge is 0.259 e. The predicted molar refractivity (Wildman–Crippen MR) is 99.6 cm³/mol. The Hall–Kier alpha value is -2.13. The van der Waals surface area contributed by atoms with E-state index in [0.29, 0.717) is 26.0 Å². The minimum absolute atomic E-state index is 0.0848. The molecule has 1 aromatic heterocycles. The summed E-state index contributed by atoms with van der Waals surface area (Å²) in [7, 11) is -3.61. The van der Waals surface area contributed by atoms with Crippen molar-refractivity contribution in [2.45, 2.75) is 23.3 Å². The van der Waals surface area contributed by atoms with Crippen molar-refractivity contribution in [1.82, 2.24) is 9.29 Å². The number of amides is 1. The first kappa shape index (κ1) is 18.2. The van der Waals surface area contributed by atoms with Crippen molar-refractivity contribution in [3.63, 3.8) is 0 Å². The zero-order valence-electron chi connectivity index (χ0n) is 14.8. The Morgan fingerprint density at radius 2 is 1.81 bits per heavy atom. The van der Waals surface area contributed by atoms with Crippen molar-refractivity contribution in [2.24, 2.45) is 0 Å². The van der Waals surface area contributed by atoms with Gasteiger partial charge in [-0.3, -0.25) is 9.78 Å². The van der Waals surface area contributed by atoms with Gasteiger partial charge in [0.2, 0.25) is 0 Å². The summed E-state index contributed by atoms with van der Waals surface area (Å²) in [5, 5.41) is 0. The molecule has 2 aromatic rings. The highest BCUT2D eigenvalue weighted by molar-refractivity contribution is 7.95. The lowest BCUT2D eigenvalue weighted by atomic mass is 9.89. The maximum Gasteiger partial charge on any atom is 0.259 e. The van der Waals surface area contributed by atoms with E-state index in [1.807, 2.05) is 30.3 Å². The van der Waals surface area contributed by atoms with E-state index in [9.17, 15) is 13.6 Å². The number of anilines is 1. The zero-order valence-corrected chi connectivity index (χ0v) is 15.6. The van der Waals surface area contributed by atoms with Crippen molar-refractivity contribution in [1.29, 1.82) is 0 Å². The zero-order chi connectivity index (χ0) is 18.9. The maximum absolute atomic E-state index is 13.2. The number of carbonyl (C=O) groups excluding carboxylic acids is 1. The maximum atomic E-state index is 13.2. The first-order valence-electron chi connectivity index (χ1n) is 8.94. The Labute approximate surface area is 159 Å². The van der Waals surface area contributed by atoms with Crippen LogP contribution in [0.15, 0.2) is 59.8 Å². The number of piperidine rings is 1. The Morgan fingerprint density at radius 3 is 2.48 bits per heavy atom. The number of pyridine rings is 1. The molecular formula is C19H21N3O4S. The highest BCUT2D eigenvalue weighted by Gasteiger charge is 2.50. The molecule has 0 saturated carbocycles. The number of morpholine rings is 1. The van der Waals surface area contributed by atoms with Crippen molar-refractivity contribution in [3.8, 4) is 0 Å². The van der Waals surface area contributed by atoms with Crippen LogP contribution in [0.3, 0.4) is 0 Å². The molecule has 1 unspecified atom stereocenters. The first-order chi connectivity index (χ1) is 13.0. The van der Waals surface area contributed by atoms with Crippen LogP contribution in [0, 0.1) is 0 Å². The second-order valence-electron chi connectivity index (χ2n) is 6.73. The van der Waals surface area contributed by atoms with E-state index in [0.717, 1.165) is 5.69 Å². The van der Waals surface area contributed by atoms with E-state index < -0.39 is 16.0 Å². The number of aromatic nitrogens is 1. The molecule has 8 heteroatoms. The molecule has 1 amide bonds. The molecule has 1 spiro atoms. The fourth-order valence-electron chi connectivity index (χ4n) is 3.69. The molecule has 7 nitrogen and oxygen atoms in total. The molecular weight excluding hydrogens is 366 g/mol. The van der Waals surface area contributed by atoms with Crippen LogP contribution in [-0.2, 0) is 24.1 Å². The fourth-order valence-corrected chi connectivity index (χ4v) is 5.10. The molecule has 142 valence electrons. The Balaban J connectivity index is 1.51. The summed E-state index contributed by atoms with van der Waals surface area (Å²) in [6, 6.07) is 12.6. The largest absolute Gasteiger partial charge is 0.593 e. The third kappa shape index (κ3) is 3.29. The lowest BCUT2D eigenvalue weighted by Crippen LogP contribution is -2.61.